The summed E-state index contributed by atoms with van der Waals surface area (Å²) in [6.45, 7) is 5.43. The summed E-state index contributed by atoms with van der Waals surface area (Å²) in [5, 5.41) is 0. The number of carbonyl (C=O) groups is 1. The van der Waals surface area contributed by atoms with Crippen molar-refractivity contribution in [2.24, 2.45) is 5.92 Å². The van der Waals surface area contributed by atoms with Crippen molar-refractivity contribution in [2.45, 2.75) is 50.7 Å². The van der Waals surface area contributed by atoms with Crippen molar-refractivity contribution in [1.29, 1.82) is 0 Å². The van der Waals surface area contributed by atoms with E-state index in [-0.39, 0.29) is 35.1 Å². The number of amides is 1. The summed E-state index contributed by atoms with van der Waals surface area (Å²) in [6.07, 6.45) is 2.31. The van der Waals surface area contributed by atoms with Gasteiger partial charge in [0.25, 0.3) is 0 Å². The number of ether oxygens (including phenoxy) is 2. The Balaban J connectivity index is 1.81. The van der Waals surface area contributed by atoms with Crippen molar-refractivity contribution in [1.82, 2.24) is 4.90 Å². The van der Waals surface area contributed by atoms with Gasteiger partial charge in [0.1, 0.15) is 16.4 Å². The van der Waals surface area contributed by atoms with E-state index in [0.717, 1.165) is 12.8 Å². The number of benzene rings is 2. The van der Waals surface area contributed by atoms with E-state index in [4.69, 9.17) is 13.7 Å². The van der Waals surface area contributed by atoms with Gasteiger partial charge in [0.2, 0.25) is 5.91 Å². The molecule has 32 heavy (non-hydrogen) atoms. The normalized spacial score (nSPS) is 16.2. The van der Waals surface area contributed by atoms with Crippen LogP contribution in [0.2, 0.25) is 0 Å². The fourth-order valence-corrected chi connectivity index (χ4v) is 4.56. The molecule has 174 valence electrons. The molecule has 0 spiro atoms. The summed E-state index contributed by atoms with van der Waals surface area (Å²) in [6, 6.07) is 12.9. The molecule has 2 aromatic rings. The summed E-state index contributed by atoms with van der Waals surface area (Å²) in [7, 11) is -2.53. The second kappa shape index (κ2) is 10.8. The van der Waals surface area contributed by atoms with E-state index in [1.807, 2.05) is 13.8 Å². The Morgan fingerprint density at radius 3 is 2.50 bits per heavy atom. The van der Waals surface area contributed by atoms with Gasteiger partial charge in [-0.2, -0.15) is 8.42 Å². The van der Waals surface area contributed by atoms with Crippen LogP contribution < -0.4 is 8.92 Å². The predicted molar refractivity (Wildman–Crippen MR) is 121 cm³/mol. The van der Waals surface area contributed by atoms with Crippen LogP contribution in [0.3, 0.4) is 0 Å². The highest BCUT2D eigenvalue weighted by Gasteiger charge is 2.25. The topological polar surface area (TPSA) is 82.1 Å². The van der Waals surface area contributed by atoms with Gasteiger partial charge in [0.15, 0.2) is 0 Å². The number of nitrogens with zero attached hydrogens (tertiary/aromatic N) is 1. The number of carbonyl (C=O) groups excluding carboxylic acids is 1. The third kappa shape index (κ3) is 6.46. The number of para-hydroxylation sites is 1. The van der Waals surface area contributed by atoms with Crippen molar-refractivity contribution < 1.29 is 26.9 Å². The largest absolute Gasteiger partial charge is 0.497 e. The second-order valence-electron chi connectivity index (χ2n) is 8.33. The average Bonchev–Trinajstić information content (AvgIpc) is 3.27. The Kier molecular flexibility index (Phi) is 8.15. The van der Waals surface area contributed by atoms with E-state index < -0.39 is 10.1 Å². The van der Waals surface area contributed by atoms with Crippen molar-refractivity contribution in [3.63, 3.8) is 0 Å². The SMILES string of the molecule is COc1ccc(S(=O)(=O)Oc2ccccc2CN(C[C@@H]2CCCO2)C(=O)CC(C)C)cc1. The van der Waals surface area contributed by atoms with E-state index in [2.05, 4.69) is 0 Å². The highest BCUT2D eigenvalue weighted by Crippen LogP contribution is 2.26. The van der Waals surface area contributed by atoms with Gasteiger partial charge in [-0.3, -0.25) is 4.79 Å². The van der Waals surface area contributed by atoms with Crippen molar-refractivity contribution in [3.05, 3.63) is 54.1 Å². The molecular weight excluding hydrogens is 430 g/mol. The van der Waals surface area contributed by atoms with Gasteiger partial charge in [-0.25, -0.2) is 0 Å². The molecule has 1 fully saturated rings. The zero-order valence-electron chi connectivity index (χ0n) is 18.8. The molecule has 1 aliphatic heterocycles. The van der Waals surface area contributed by atoms with Crippen molar-refractivity contribution >= 4 is 16.0 Å². The second-order valence-corrected chi connectivity index (χ2v) is 9.87. The monoisotopic (exact) mass is 461 g/mol. The van der Waals surface area contributed by atoms with E-state index in [1.54, 1.807) is 41.3 Å². The molecule has 0 N–H and O–H groups in total. The Morgan fingerprint density at radius 1 is 1.16 bits per heavy atom. The minimum Gasteiger partial charge on any atom is -0.497 e. The first-order valence-corrected chi connectivity index (χ1v) is 12.2. The van der Waals surface area contributed by atoms with Gasteiger partial charge < -0.3 is 18.6 Å². The van der Waals surface area contributed by atoms with Gasteiger partial charge in [-0.05, 0) is 49.1 Å². The molecule has 7 nitrogen and oxygen atoms in total. The fourth-order valence-electron chi connectivity index (χ4n) is 3.60. The Labute approximate surface area is 190 Å². The zero-order chi connectivity index (χ0) is 23.1. The quantitative estimate of drug-likeness (QED) is 0.497. The minimum absolute atomic E-state index is 0.00206. The van der Waals surface area contributed by atoms with Crippen LogP contribution >= 0.6 is 0 Å². The van der Waals surface area contributed by atoms with E-state index in [0.29, 0.717) is 30.9 Å². The standard InChI is InChI=1S/C24H31NO6S/c1-18(2)15-24(26)25(17-21-8-6-14-30-21)16-19-7-4-5-9-23(19)31-32(27,28)22-12-10-20(29-3)11-13-22/h4-5,7,9-13,18,21H,6,8,14-17H2,1-3H3/t21-/m0/s1. The minimum atomic E-state index is -4.04. The van der Waals surface area contributed by atoms with Gasteiger partial charge in [-0.15, -0.1) is 0 Å². The lowest BCUT2D eigenvalue weighted by Gasteiger charge is -2.27. The van der Waals surface area contributed by atoms with Crippen LogP contribution in [-0.4, -0.2) is 45.6 Å². The van der Waals surface area contributed by atoms with Crippen LogP contribution in [0.15, 0.2) is 53.4 Å². The zero-order valence-corrected chi connectivity index (χ0v) is 19.6. The molecule has 0 bridgehead atoms. The predicted octanol–water partition coefficient (Wildman–Crippen LogP) is 4.02. The third-order valence-electron chi connectivity index (χ3n) is 5.26. The highest BCUT2D eigenvalue weighted by molar-refractivity contribution is 7.87. The first-order chi connectivity index (χ1) is 15.3. The first kappa shape index (κ1) is 24.1. The van der Waals surface area contributed by atoms with Crippen LogP contribution in [0, 0.1) is 5.92 Å². The third-order valence-corrected chi connectivity index (χ3v) is 6.51. The molecule has 2 aromatic carbocycles. The van der Waals surface area contributed by atoms with E-state index >= 15 is 0 Å². The molecule has 0 aromatic heterocycles. The maximum atomic E-state index is 12.9. The molecular formula is C24H31NO6S. The lowest BCUT2D eigenvalue weighted by atomic mass is 10.1. The smallest absolute Gasteiger partial charge is 0.339 e. The Morgan fingerprint density at radius 2 is 1.88 bits per heavy atom. The molecule has 1 saturated heterocycles. The van der Waals surface area contributed by atoms with E-state index in [1.165, 1.54) is 19.2 Å². The van der Waals surface area contributed by atoms with Crippen LogP contribution in [-0.2, 0) is 26.2 Å². The van der Waals surface area contributed by atoms with Crippen LogP contribution in [0.4, 0.5) is 0 Å². The summed E-state index contributed by atoms with van der Waals surface area (Å²) in [5.41, 5.74) is 0.625. The molecule has 0 saturated carbocycles. The summed E-state index contributed by atoms with van der Waals surface area (Å²) in [5.74, 6) is 0.996. The summed E-state index contributed by atoms with van der Waals surface area (Å²) in [4.78, 5) is 14.7. The van der Waals surface area contributed by atoms with Crippen LogP contribution in [0.5, 0.6) is 11.5 Å². The molecule has 1 atom stereocenters. The van der Waals surface area contributed by atoms with Crippen LogP contribution in [0.25, 0.3) is 0 Å². The van der Waals surface area contributed by atoms with Crippen LogP contribution in [0.1, 0.15) is 38.7 Å². The molecule has 1 heterocycles. The molecule has 0 radical (unpaired) electrons. The molecule has 1 aliphatic rings. The molecule has 8 heteroatoms. The summed E-state index contributed by atoms with van der Waals surface area (Å²) < 4.78 is 42.0. The Hall–Kier alpha value is -2.58. The number of rotatable bonds is 10. The lowest BCUT2D eigenvalue weighted by Crippen LogP contribution is -2.37. The highest BCUT2D eigenvalue weighted by atomic mass is 32.2. The van der Waals surface area contributed by atoms with Crippen molar-refractivity contribution in [3.8, 4) is 11.5 Å². The number of methoxy groups -OCH3 is 1. The fraction of sp³-hybridized carbons (Fsp3) is 0.458. The van der Waals surface area contributed by atoms with Gasteiger partial charge >= 0.3 is 10.1 Å². The first-order valence-electron chi connectivity index (χ1n) is 10.8. The summed E-state index contributed by atoms with van der Waals surface area (Å²) >= 11 is 0. The molecule has 0 aliphatic carbocycles. The number of hydrogen-bond acceptors (Lipinski definition) is 6. The molecule has 3 rings (SSSR count). The molecule has 0 unspecified atom stereocenters. The van der Waals surface area contributed by atoms with Crippen molar-refractivity contribution in [2.75, 3.05) is 20.3 Å². The maximum Gasteiger partial charge on any atom is 0.339 e. The lowest BCUT2D eigenvalue weighted by molar-refractivity contribution is -0.134. The van der Waals surface area contributed by atoms with E-state index in [9.17, 15) is 13.2 Å². The Bertz CT molecular complexity index is 997. The maximum absolute atomic E-state index is 12.9. The van der Waals surface area contributed by atoms with Gasteiger partial charge in [0, 0.05) is 31.7 Å². The van der Waals surface area contributed by atoms with Gasteiger partial charge in [-0.1, -0.05) is 32.0 Å². The number of hydrogen-bond donors (Lipinski definition) is 0. The molecule has 1 amide bonds. The average molecular weight is 462 g/mol. The van der Waals surface area contributed by atoms with Gasteiger partial charge in [0.05, 0.1) is 13.2 Å².